The number of aliphatic imine (C=N–C) groups is 1. The smallest absolute Gasteiger partial charge is 0.378 e. The number of alkyl halides is 3. The Balaban J connectivity index is 1.30. The number of carbonyl (C=O) groups is 2. The number of aryl methyl sites for hydroxylation is 1. The van der Waals surface area contributed by atoms with Crippen LogP contribution in [0, 0.1) is 6.92 Å². The van der Waals surface area contributed by atoms with Gasteiger partial charge in [0, 0.05) is 47.8 Å². The maximum Gasteiger partial charge on any atom is 0.416 e. The first-order valence-corrected chi connectivity index (χ1v) is 18.2. The highest BCUT2D eigenvalue weighted by molar-refractivity contribution is 6.39. The van der Waals surface area contributed by atoms with Crippen molar-refractivity contribution < 1.29 is 27.5 Å². The molecule has 0 amide bonds. The lowest BCUT2D eigenvalue weighted by molar-refractivity contribution is -0.138. The minimum absolute atomic E-state index is 0.0963. The van der Waals surface area contributed by atoms with E-state index in [0.29, 0.717) is 77.2 Å². The number of benzene rings is 4. The first-order chi connectivity index (χ1) is 26.7. The van der Waals surface area contributed by atoms with Crippen molar-refractivity contribution in [2.75, 3.05) is 31.2 Å². The van der Waals surface area contributed by atoms with E-state index in [1.807, 2.05) is 66.7 Å². The molecule has 4 aromatic carbocycles. The van der Waals surface area contributed by atoms with Gasteiger partial charge in [0.2, 0.25) is 0 Å². The number of rotatable bonds is 9. The molecular formula is C44H36F3N5O3. The molecule has 0 N–H and O–H groups in total. The first-order valence-electron chi connectivity index (χ1n) is 18.2. The van der Waals surface area contributed by atoms with Gasteiger partial charge in [-0.15, -0.1) is 5.10 Å². The van der Waals surface area contributed by atoms with Crippen molar-refractivity contribution in [2.24, 2.45) is 4.99 Å². The summed E-state index contributed by atoms with van der Waals surface area (Å²) in [6, 6.07) is 32.5. The molecule has 0 unspecified atom stereocenters. The molecule has 8 nitrogen and oxygen atoms in total. The molecule has 0 atom stereocenters. The average Bonchev–Trinajstić information content (AvgIpc) is 3.67. The number of allylic oxidation sites excluding steroid dienone is 2. The number of carbonyl (C=O) groups excluding carboxylic acids is 2. The topological polar surface area (TPSA) is 89.2 Å². The molecule has 1 fully saturated rings. The van der Waals surface area contributed by atoms with E-state index in [1.54, 1.807) is 40.9 Å². The minimum Gasteiger partial charge on any atom is -0.378 e. The molecule has 0 radical (unpaired) electrons. The number of hydrogen-bond acceptors (Lipinski definition) is 7. The van der Waals surface area contributed by atoms with Crippen LogP contribution in [0.3, 0.4) is 0 Å². The van der Waals surface area contributed by atoms with Crippen molar-refractivity contribution in [3.8, 4) is 0 Å². The highest BCUT2D eigenvalue weighted by Gasteiger charge is 2.34. The third kappa shape index (κ3) is 7.10. The number of hydrogen-bond donors (Lipinski definition) is 0. The van der Waals surface area contributed by atoms with E-state index in [4.69, 9.17) is 19.8 Å². The van der Waals surface area contributed by atoms with E-state index in [9.17, 15) is 22.8 Å². The van der Waals surface area contributed by atoms with Gasteiger partial charge in [0.15, 0.2) is 23.0 Å². The Bertz CT molecular complexity index is 2410. The maximum atomic E-state index is 14.1. The Morgan fingerprint density at radius 1 is 0.836 bits per heavy atom. The summed E-state index contributed by atoms with van der Waals surface area (Å²) in [6.07, 6.45) is -2.21. The largest absolute Gasteiger partial charge is 0.416 e. The monoisotopic (exact) mass is 739 g/mol. The summed E-state index contributed by atoms with van der Waals surface area (Å²) in [4.78, 5) is 38.8. The zero-order valence-electron chi connectivity index (χ0n) is 30.0. The number of nitrogens with zero attached hydrogens (tertiary/aromatic N) is 5. The highest BCUT2D eigenvalue weighted by Crippen LogP contribution is 2.35. The normalized spacial score (nSPS) is 14.4. The fourth-order valence-electron chi connectivity index (χ4n) is 7.27. The molecule has 0 spiro atoms. The summed E-state index contributed by atoms with van der Waals surface area (Å²) < 4.78 is 49.7. The molecule has 1 saturated heterocycles. The number of aromatic nitrogens is 3. The highest BCUT2D eigenvalue weighted by atomic mass is 19.4. The van der Waals surface area contributed by atoms with Crippen LogP contribution in [0.15, 0.2) is 126 Å². The van der Waals surface area contributed by atoms with Gasteiger partial charge >= 0.3 is 6.18 Å². The van der Waals surface area contributed by atoms with Crippen molar-refractivity contribution in [1.82, 2.24) is 14.6 Å². The number of Topliss-reactive ketones (excluding diaryl/α,β-unsaturated/α-hetero) is 2. The van der Waals surface area contributed by atoms with Crippen LogP contribution < -0.4 is 4.90 Å². The van der Waals surface area contributed by atoms with Gasteiger partial charge in [-0.1, -0.05) is 103 Å². The van der Waals surface area contributed by atoms with Gasteiger partial charge in [-0.25, -0.2) is 14.5 Å². The molecule has 276 valence electrons. The Hall–Kier alpha value is -6.20. The van der Waals surface area contributed by atoms with Crippen LogP contribution in [0.4, 0.5) is 24.7 Å². The van der Waals surface area contributed by atoms with Gasteiger partial charge in [0.1, 0.15) is 5.69 Å². The number of ether oxygens (including phenoxy) is 1. The summed E-state index contributed by atoms with van der Waals surface area (Å²) in [5, 5.41) is 5.08. The minimum atomic E-state index is -4.53. The standard InChI is InChI=1S/C44H36F3N5O3/c1-28-31(16-10-20-35(28)44(45,46)47)26-38-36(21-11-19-34-41(53)32-17-8-9-18-33(32)42(34)54)49-43-37(27-39(50-52(38)43)51-22-24-55-25-23-51)48-40(29-12-4-2-5-13-29)30-14-6-3-7-15-30/h2-10,12-20,27H,11,21-26H2,1H3. The molecule has 2 aromatic heterocycles. The lowest BCUT2D eigenvalue weighted by Gasteiger charge is -2.28. The van der Waals surface area contributed by atoms with Gasteiger partial charge < -0.3 is 9.64 Å². The first kappa shape index (κ1) is 35.8. The quantitative estimate of drug-likeness (QED) is 0.0839. The number of anilines is 1. The number of halogens is 3. The van der Waals surface area contributed by atoms with E-state index in [1.165, 1.54) is 13.0 Å². The molecule has 0 bridgehead atoms. The second-order valence-electron chi connectivity index (χ2n) is 13.5. The Kier molecular flexibility index (Phi) is 9.71. The molecule has 11 heteroatoms. The fraction of sp³-hybridized carbons (Fsp3) is 0.205. The molecule has 6 aromatic rings. The van der Waals surface area contributed by atoms with Gasteiger partial charge in [-0.05, 0) is 37.0 Å². The number of fused-ring (bicyclic) bond motifs is 2. The van der Waals surface area contributed by atoms with Gasteiger partial charge in [0.05, 0.1) is 41.4 Å². The average molecular weight is 740 g/mol. The lowest BCUT2D eigenvalue weighted by atomic mass is 9.97. The van der Waals surface area contributed by atoms with Crippen molar-refractivity contribution in [2.45, 2.75) is 32.4 Å². The zero-order chi connectivity index (χ0) is 38.1. The van der Waals surface area contributed by atoms with E-state index < -0.39 is 11.7 Å². The summed E-state index contributed by atoms with van der Waals surface area (Å²) in [5.41, 5.74) is 5.38. The predicted octanol–water partition coefficient (Wildman–Crippen LogP) is 8.59. The molecule has 0 saturated carbocycles. The molecule has 8 rings (SSSR count). The Labute approximate surface area is 315 Å². The molecule has 3 heterocycles. The second-order valence-corrected chi connectivity index (χ2v) is 13.5. The molecule has 1 aliphatic heterocycles. The summed E-state index contributed by atoms with van der Waals surface area (Å²) in [7, 11) is 0. The van der Waals surface area contributed by atoms with Gasteiger partial charge in [0.25, 0.3) is 0 Å². The van der Waals surface area contributed by atoms with Crippen molar-refractivity contribution in [3.63, 3.8) is 0 Å². The summed E-state index contributed by atoms with van der Waals surface area (Å²) in [6.45, 7) is 3.69. The third-order valence-corrected chi connectivity index (χ3v) is 10.1. The zero-order valence-corrected chi connectivity index (χ0v) is 30.0. The van der Waals surface area contributed by atoms with E-state index in [2.05, 4.69) is 4.90 Å². The number of ketones is 2. The van der Waals surface area contributed by atoms with Crippen LogP contribution in [-0.4, -0.2) is 58.2 Å². The predicted molar refractivity (Wildman–Crippen MR) is 205 cm³/mol. The van der Waals surface area contributed by atoms with E-state index >= 15 is 0 Å². The number of imidazole rings is 1. The fourth-order valence-corrected chi connectivity index (χ4v) is 7.27. The van der Waals surface area contributed by atoms with Crippen LogP contribution >= 0.6 is 0 Å². The lowest BCUT2D eigenvalue weighted by Crippen LogP contribution is -2.37. The van der Waals surface area contributed by atoms with Crippen molar-refractivity contribution in [3.05, 3.63) is 171 Å². The molecular weight excluding hydrogens is 704 g/mol. The van der Waals surface area contributed by atoms with Crippen LogP contribution in [0.25, 0.3) is 5.65 Å². The van der Waals surface area contributed by atoms with E-state index in [-0.39, 0.29) is 42.0 Å². The van der Waals surface area contributed by atoms with Gasteiger partial charge in [-0.2, -0.15) is 13.2 Å². The van der Waals surface area contributed by atoms with Gasteiger partial charge in [-0.3, -0.25) is 9.59 Å². The Morgan fingerprint density at radius 2 is 1.45 bits per heavy atom. The van der Waals surface area contributed by atoms with Crippen LogP contribution in [0.2, 0.25) is 0 Å². The van der Waals surface area contributed by atoms with Crippen molar-refractivity contribution in [1.29, 1.82) is 0 Å². The Morgan fingerprint density at radius 3 is 2.07 bits per heavy atom. The molecule has 2 aliphatic rings. The second kappa shape index (κ2) is 14.9. The molecule has 55 heavy (non-hydrogen) atoms. The van der Waals surface area contributed by atoms with Crippen LogP contribution in [0.5, 0.6) is 0 Å². The SMILES string of the molecule is Cc1c(Cc2c(CCC=C3C(=O)c4ccccc4C3=O)nc3c(N=C(c4ccccc4)c4ccccc4)cc(N4CCOCC4)nn23)cccc1C(F)(F)F. The maximum absolute atomic E-state index is 14.1. The summed E-state index contributed by atoms with van der Waals surface area (Å²) in [5.74, 6) is -0.0144. The van der Waals surface area contributed by atoms with E-state index in [0.717, 1.165) is 17.2 Å². The van der Waals surface area contributed by atoms with Crippen molar-refractivity contribution >= 4 is 34.4 Å². The molecule has 1 aliphatic carbocycles. The number of morpholine rings is 1. The third-order valence-electron chi connectivity index (χ3n) is 10.1. The summed E-state index contributed by atoms with van der Waals surface area (Å²) >= 11 is 0. The van der Waals surface area contributed by atoms with Crippen LogP contribution in [0.1, 0.15) is 66.3 Å². The van der Waals surface area contributed by atoms with Crippen LogP contribution in [-0.2, 0) is 23.8 Å².